The van der Waals surface area contributed by atoms with Gasteiger partial charge in [0.05, 0.1) is 0 Å². The van der Waals surface area contributed by atoms with Crippen molar-refractivity contribution in [3.05, 3.63) is 29.3 Å². The molecule has 0 saturated heterocycles. The van der Waals surface area contributed by atoms with Crippen molar-refractivity contribution in [3.8, 4) is 5.75 Å². The molecule has 104 valence electrons. The number of halogens is 3. The van der Waals surface area contributed by atoms with Gasteiger partial charge in [0.15, 0.2) is 5.75 Å². The van der Waals surface area contributed by atoms with Gasteiger partial charge in [0.2, 0.25) is 0 Å². The minimum absolute atomic E-state index is 0.158. The van der Waals surface area contributed by atoms with E-state index in [1.165, 1.54) is 0 Å². The van der Waals surface area contributed by atoms with E-state index in [0.29, 0.717) is 12.1 Å². The Bertz CT molecular complexity index is 619. The maximum Gasteiger partial charge on any atom is 0.534 e. The number of alkyl halides is 3. The van der Waals surface area contributed by atoms with E-state index in [-0.39, 0.29) is 11.8 Å². The van der Waals surface area contributed by atoms with Crippen LogP contribution in [0.15, 0.2) is 18.2 Å². The van der Waals surface area contributed by atoms with Gasteiger partial charge in [-0.3, -0.25) is 4.79 Å². The molecule has 6 nitrogen and oxygen atoms in total. The van der Waals surface area contributed by atoms with Crippen LogP contribution in [-0.4, -0.2) is 31.3 Å². The Balaban J connectivity index is 3.30. The van der Waals surface area contributed by atoms with Gasteiger partial charge in [-0.25, -0.2) is 4.79 Å². The lowest BCUT2D eigenvalue weighted by atomic mass is 10.1. The summed E-state index contributed by atoms with van der Waals surface area (Å²) in [6.45, 7) is 0. The van der Waals surface area contributed by atoms with E-state index >= 15 is 0 Å². The van der Waals surface area contributed by atoms with Gasteiger partial charge < -0.3 is 9.29 Å². The summed E-state index contributed by atoms with van der Waals surface area (Å²) in [4.78, 5) is 21.2. The highest BCUT2D eigenvalue weighted by Gasteiger charge is 2.49. The fraction of sp³-hybridized carbons (Fsp3) is 0.111. The van der Waals surface area contributed by atoms with E-state index in [1.54, 1.807) is 0 Å². The van der Waals surface area contributed by atoms with Crippen molar-refractivity contribution in [2.24, 2.45) is 0 Å². The maximum absolute atomic E-state index is 12.1. The molecular weight excluding hydrogens is 293 g/mol. The number of carboxylic acids is 1. The van der Waals surface area contributed by atoms with Crippen molar-refractivity contribution in [2.75, 3.05) is 0 Å². The Kier molecular flexibility index (Phi) is 3.84. The summed E-state index contributed by atoms with van der Waals surface area (Å²) in [6, 6.07) is 2.26. The fourth-order valence-electron chi connectivity index (χ4n) is 1.03. The molecule has 0 spiro atoms. The number of rotatable bonds is 4. The smallest absolute Gasteiger partial charge is 0.478 e. The van der Waals surface area contributed by atoms with E-state index < -0.39 is 32.9 Å². The number of benzene rings is 1. The van der Waals surface area contributed by atoms with Crippen molar-refractivity contribution in [3.63, 3.8) is 0 Å². The zero-order valence-corrected chi connectivity index (χ0v) is 9.66. The van der Waals surface area contributed by atoms with E-state index in [1.807, 2.05) is 0 Å². The summed E-state index contributed by atoms with van der Waals surface area (Å²) in [5, 5.41) is 8.71. The predicted octanol–water partition coefficient (Wildman–Crippen LogP) is 1.43. The quantitative estimate of drug-likeness (QED) is 0.513. The lowest BCUT2D eigenvalue weighted by Gasteiger charge is -2.11. The first-order valence-corrected chi connectivity index (χ1v) is 5.82. The molecule has 19 heavy (non-hydrogen) atoms. The maximum atomic E-state index is 12.1. The normalized spacial score (nSPS) is 11.9. The minimum atomic E-state index is -5.98. The highest BCUT2D eigenvalue weighted by Crippen LogP contribution is 2.29. The molecule has 1 N–H and O–H groups in total. The number of hydrogen-bond acceptors (Lipinski definition) is 5. The van der Waals surface area contributed by atoms with Gasteiger partial charge in [-0.15, -0.1) is 0 Å². The van der Waals surface area contributed by atoms with Crippen LogP contribution in [0.25, 0.3) is 0 Å². The Hall–Kier alpha value is -2.10. The standard InChI is InChI=1S/C9H5F3O6S/c10-9(11,12)19(16,17)18-7-2-1-5(4-13)3-6(7)8(14)15/h1-4H,(H,14,15). The molecule has 0 atom stereocenters. The minimum Gasteiger partial charge on any atom is -0.478 e. The summed E-state index contributed by atoms with van der Waals surface area (Å²) in [5.41, 5.74) is -6.72. The topological polar surface area (TPSA) is 97.7 Å². The third-order valence-corrected chi connectivity index (χ3v) is 2.82. The SMILES string of the molecule is O=Cc1ccc(OS(=O)(=O)C(F)(F)F)c(C(=O)O)c1. The predicted molar refractivity (Wildman–Crippen MR) is 54.4 cm³/mol. The second-order valence-corrected chi connectivity index (χ2v) is 4.70. The molecule has 1 aromatic rings. The van der Waals surface area contributed by atoms with Gasteiger partial charge in [0.1, 0.15) is 11.8 Å². The van der Waals surface area contributed by atoms with E-state index in [2.05, 4.69) is 4.18 Å². The summed E-state index contributed by atoms with van der Waals surface area (Å²) >= 11 is 0. The Labute approximate surface area is 104 Å². The molecule has 0 aliphatic carbocycles. The summed E-state index contributed by atoms with van der Waals surface area (Å²) in [7, 11) is -5.98. The molecule has 0 aliphatic heterocycles. The molecule has 0 amide bonds. The van der Waals surface area contributed by atoms with Gasteiger partial charge in [-0.1, -0.05) is 0 Å². The lowest BCUT2D eigenvalue weighted by Crippen LogP contribution is -2.28. The third kappa shape index (κ3) is 3.22. The molecule has 0 aromatic heterocycles. The molecule has 0 aliphatic rings. The average molecular weight is 298 g/mol. The second kappa shape index (κ2) is 4.88. The molecule has 0 unspecified atom stereocenters. The Morgan fingerprint density at radius 3 is 2.32 bits per heavy atom. The van der Waals surface area contributed by atoms with Crippen LogP contribution >= 0.6 is 0 Å². The van der Waals surface area contributed by atoms with Crippen molar-refractivity contribution in [2.45, 2.75) is 5.51 Å². The van der Waals surface area contributed by atoms with E-state index in [9.17, 15) is 31.2 Å². The fourth-order valence-corrected chi connectivity index (χ4v) is 1.50. The monoisotopic (exact) mass is 298 g/mol. The van der Waals surface area contributed by atoms with Gasteiger partial charge in [0, 0.05) is 5.56 Å². The van der Waals surface area contributed by atoms with Crippen LogP contribution in [0.5, 0.6) is 5.75 Å². The zero-order valence-electron chi connectivity index (χ0n) is 8.84. The largest absolute Gasteiger partial charge is 0.534 e. The first-order valence-electron chi connectivity index (χ1n) is 4.42. The number of hydrogen-bond donors (Lipinski definition) is 1. The first kappa shape index (κ1) is 15.0. The van der Waals surface area contributed by atoms with Crippen LogP contribution in [0.3, 0.4) is 0 Å². The molecule has 1 aromatic carbocycles. The van der Waals surface area contributed by atoms with Gasteiger partial charge in [0.25, 0.3) is 0 Å². The van der Waals surface area contributed by atoms with E-state index in [4.69, 9.17) is 5.11 Å². The molecule has 10 heteroatoms. The molecule has 0 radical (unpaired) electrons. The Morgan fingerprint density at radius 2 is 1.89 bits per heavy atom. The van der Waals surface area contributed by atoms with Crippen LogP contribution in [0.2, 0.25) is 0 Å². The number of carboxylic acid groups (broad SMARTS) is 1. The summed E-state index contributed by atoms with van der Waals surface area (Å²) in [5.74, 6) is -2.77. The average Bonchev–Trinajstić information content (AvgIpc) is 2.27. The molecule has 0 bridgehead atoms. The molecular formula is C9H5F3O6S. The van der Waals surface area contributed by atoms with Crippen LogP contribution in [0.4, 0.5) is 13.2 Å². The second-order valence-electron chi connectivity index (χ2n) is 3.16. The Morgan fingerprint density at radius 1 is 1.32 bits per heavy atom. The van der Waals surface area contributed by atoms with Crippen LogP contribution in [-0.2, 0) is 10.1 Å². The summed E-state index contributed by atoms with van der Waals surface area (Å²) in [6.07, 6.45) is 0.245. The van der Waals surface area contributed by atoms with Gasteiger partial charge in [-0.05, 0) is 18.2 Å². The first-order chi connectivity index (χ1) is 8.58. The lowest BCUT2D eigenvalue weighted by molar-refractivity contribution is -0.0500. The van der Waals surface area contributed by atoms with Crippen molar-refractivity contribution < 1.29 is 40.5 Å². The third-order valence-electron chi connectivity index (χ3n) is 1.85. The van der Waals surface area contributed by atoms with Crippen LogP contribution in [0.1, 0.15) is 20.7 Å². The van der Waals surface area contributed by atoms with Crippen molar-refractivity contribution in [1.82, 2.24) is 0 Å². The zero-order chi connectivity index (χ0) is 14.8. The highest BCUT2D eigenvalue weighted by molar-refractivity contribution is 7.88. The number of aldehydes is 1. The molecule has 1 rings (SSSR count). The van der Waals surface area contributed by atoms with Gasteiger partial charge >= 0.3 is 21.6 Å². The number of carbonyl (C=O) groups excluding carboxylic acids is 1. The number of aromatic carboxylic acids is 1. The molecule has 0 saturated carbocycles. The summed E-state index contributed by atoms with van der Waals surface area (Å²) < 4.78 is 61.4. The van der Waals surface area contributed by atoms with Gasteiger partial charge in [-0.2, -0.15) is 21.6 Å². The molecule has 0 heterocycles. The van der Waals surface area contributed by atoms with E-state index in [0.717, 1.165) is 6.07 Å². The van der Waals surface area contributed by atoms with Crippen molar-refractivity contribution >= 4 is 22.4 Å². The molecule has 0 fully saturated rings. The van der Waals surface area contributed by atoms with Crippen LogP contribution < -0.4 is 4.18 Å². The van der Waals surface area contributed by atoms with Crippen LogP contribution in [0, 0.1) is 0 Å². The number of carbonyl (C=O) groups is 2. The highest BCUT2D eigenvalue weighted by atomic mass is 32.2. The van der Waals surface area contributed by atoms with Crippen molar-refractivity contribution in [1.29, 1.82) is 0 Å².